The van der Waals surface area contributed by atoms with Gasteiger partial charge in [-0.25, -0.2) is 0 Å². The van der Waals surface area contributed by atoms with Crippen molar-refractivity contribution >= 4 is 5.91 Å². The van der Waals surface area contributed by atoms with Gasteiger partial charge in [-0.2, -0.15) is 0 Å². The molecule has 0 aliphatic carbocycles. The number of aliphatic hydroxyl groups is 1. The number of carbonyl (C=O) groups excluding carboxylic acids is 1. The minimum Gasteiger partial charge on any atom is -0.396 e. The molecular formula is C69H137N7O8. The number of amides is 1. The zero-order chi connectivity index (χ0) is 65.3. The molecule has 0 aliphatic rings. The maximum Gasteiger partial charge on any atom is 0.228 e. The monoisotopic (exact) mass is 1190 g/mol. The van der Waals surface area contributed by atoms with Crippen LogP contribution in [0.4, 0.5) is 0 Å². The Bertz CT molecular complexity index is 2070. The van der Waals surface area contributed by atoms with Crippen molar-refractivity contribution in [3.8, 4) is 0 Å². The predicted octanol–water partition coefficient (Wildman–Crippen LogP) is 15.9. The van der Waals surface area contributed by atoms with Gasteiger partial charge in [0.05, 0.1) is 86.6 Å². The van der Waals surface area contributed by atoms with Gasteiger partial charge >= 0.3 is 0 Å². The molecule has 0 aromatic carbocycles. The molecule has 496 valence electrons. The number of rotatable bonds is 40. The van der Waals surface area contributed by atoms with Gasteiger partial charge in [-0.05, 0) is 121 Å². The number of aromatic nitrogens is 6. The van der Waals surface area contributed by atoms with Crippen LogP contribution >= 0.6 is 0 Å². The quantitative estimate of drug-likeness (QED) is 0.0631. The Kier molecular flexibility index (Phi) is 34.5. The van der Waals surface area contributed by atoms with Crippen molar-refractivity contribution in [3.05, 3.63) is 23.8 Å². The lowest BCUT2D eigenvalue weighted by Gasteiger charge is -2.44. The van der Waals surface area contributed by atoms with E-state index in [-0.39, 0.29) is 50.8 Å². The molecule has 84 heavy (non-hydrogen) atoms. The van der Waals surface area contributed by atoms with Gasteiger partial charge in [0.2, 0.25) is 5.91 Å². The highest BCUT2D eigenvalue weighted by atomic mass is 16.5. The fourth-order valence-corrected chi connectivity index (χ4v) is 10.2. The van der Waals surface area contributed by atoms with Crippen LogP contribution in [0.1, 0.15) is 276 Å². The molecule has 0 saturated carbocycles. The first-order chi connectivity index (χ1) is 38.2. The summed E-state index contributed by atoms with van der Waals surface area (Å²) in [7, 11) is 0. The molecule has 15 heteroatoms. The van der Waals surface area contributed by atoms with E-state index in [1.165, 1.54) is 19.3 Å². The first-order valence-electron chi connectivity index (χ1n) is 32.7. The minimum absolute atomic E-state index is 0.00154. The Labute approximate surface area is 517 Å². The van der Waals surface area contributed by atoms with Crippen LogP contribution in [-0.2, 0) is 57.1 Å². The Morgan fingerprint density at radius 1 is 0.524 bits per heavy atom. The van der Waals surface area contributed by atoms with Gasteiger partial charge in [0, 0.05) is 61.4 Å². The largest absolute Gasteiger partial charge is 0.396 e. The molecule has 1 amide bonds. The second-order valence-electron chi connectivity index (χ2n) is 32.1. The van der Waals surface area contributed by atoms with Crippen LogP contribution in [0.25, 0.3) is 0 Å². The third-order valence-electron chi connectivity index (χ3n) is 17.4. The molecule has 15 nitrogen and oxygen atoms in total. The predicted molar refractivity (Wildman–Crippen MR) is 350 cm³/mol. The zero-order valence-electron chi connectivity index (χ0n) is 60.4. The van der Waals surface area contributed by atoms with Crippen molar-refractivity contribution < 1.29 is 38.3 Å². The summed E-state index contributed by atoms with van der Waals surface area (Å²) in [6.07, 6.45) is 13.9. The SMILES string of the molecule is CCC.CCC(C)(C)C(C)(C)c1cn(CCC(C)(C)OCCC(C)(C)OCCOCCN(CCOCCOC(C)(C)CCOC(C)(C)CCn2cc(C(C)(C)C(C)(C)CC(C)(C)C)nn2)C(=O)C(C)(C)CC(C)(C)CO)nn1.CCCC(C)C. The molecular weight excluding hydrogens is 1050 g/mol. The Hall–Kier alpha value is -2.53. The third-order valence-corrected chi connectivity index (χ3v) is 17.4. The zero-order valence-corrected chi connectivity index (χ0v) is 60.4. The first kappa shape index (κ1) is 81.5. The van der Waals surface area contributed by atoms with E-state index < -0.39 is 22.0 Å². The lowest BCUT2D eigenvalue weighted by molar-refractivity contribution is -0.144. The molecule has 0 atom stereocenters. The summed E-state index contributed by atoms with van der Waals surface area (Å²) in [5.41, 5.74) is -0.398. The Morgan fingerprint density at radius 3 is 1.23 bits per heavy atom. The van der Waals surface area contributed by atoms with Gasteiger partial charge in [0.15, 0.2) is 0 Å². The van der Waals surface area contributed by atoms with E-state index in [9.17, 15) is 9.90 Å². The topological polar surface area (TPSA) is 157 Å². The maximum atomic E-state index is 14.1. The summed E-state index contributed by atoms with van der Waals surface area (Å²) in [4.78, 5) is 15.9. The summed E-state index contributed by atoms with van der Waals surface area (Å²) in [6.45, 7) is 68.8. The van der Waals surface area contributed by atoms with E-state index in [4.69, 9.17) is 28.4 Å². The number of hydrogen-bond donors (Lipinski definition) is 1. The molecule has 2 aromatic heterocycles. The normalized spacial score (nSPS) is 13.7. The lowest BCUT2D eigenvalue weighted by atomic mass is 9.60. The molecule has 0 spiro atoms. The van der Waals surface area contributed by atoms with Crippen LogP contribution in [0.15, 0.2) is 12.4 Å². The highest BCUT2D eigenvalue weighted by Gasteiger charge is 2.43. The van der Waals surface area contributed by atoms with Crippen LogP contribution in [0, 0.1) is 33.0 Å². The van der Waals surface area contributed by atoms with Crippen LogP contribution in [-0.4, -0.2) is 141 Å². The molecule has 1 N–H and O–H groups in total. The number of aryl methyl sites for hydroxylation is 2. The second-order valence-corrected chi connectivity index (χ2v) is 32.1. The van der Waals surface area contributed by atoms with E-state index in [1.54, 1.807) is 0 Å². The van der Waals surface area contributed by atoms with E-state index >= 15 is 0 Å². The summed E-state index contributed by atoms with van der Waals surface area (Å²) >= 11 is 0. The van der Waals surface area contributed by atoms with Gasteiger partial charge in [-0.15, -0.1) is 10.2 Å². The number of ether oxygens (including phenoxy) is 6. The fourth-order valence-electron chi connectivity index (χ4n) is 10.2. The molecule has 0 radical (unpaired) electrons. The van der Waals surface area contributed by atoms with E-state index in [0.29, 0.717) is 72.4 Å². The number of nitrogens with zero attached hydrogens (tertiary/aromatic N) is 7. The molecule has 2 rings (SSSR count). The van der Waals surface area contributed by atoms with Crippen molar-refractivity contribution in [1.29, 1.82) is 0 Å². The highest BCUT2D eigenvalue weighted by molar-refractivity contribution is 5.82. The first-order valence-corrected chi connectivity index (χ1v) is 32.7. The van der Waals surface area contributed by atoms with Crippen molar-refractivity contribution in [2.24, 2.45) is 33.0 Å². The van der Waals surface area contributed by atoms with Crippen LogP contribution < -0.4 is 0 Å². The molecule has 0 fully saturated rings. The summed E-state index contributed by atoms with van der Waals surface area (Å²) < 4.78 is 41.3. The van der Waals surface area contributed by atoms with Gasteiger partial charge in [-0.1, -0.05) is 182 Å². The minimum atomic E-state index is -0.692. The number of carbonyl (C=O) groups is 1. The summed E-state index contributed by atoms with van der Waals surface area (Å²) in [5, 5.41) is 28.2. The lowest BCUT2D eigenvalue weighted by Crippen LogP contribution is -2.46. The van der Waals surface area contributed by atoms with E-state index in [1.807, 2.05) is 42.0 Å². The number of hydrogen-bond acceptors (Lipinski definition) is 12. The third kappa shape index (κ3) is 31.6. The van der Waals surface area contributed by atoms with Crippen molar-refractivity contribution in [2.45, 2.75) is 311 Å². The van der Waals surface area contributed by atoms with Crippen LogP contribution in [0.3, 0.4) is 0 Å². The van der Waals surface area contributed by atoms with E-state index in [2.05, 4.69) is 206 Å². The summed E-state index contributed by atoms with van der Waals surface area (Å²) in [5.74, 6) is 0.906. The van der Waals surface area contributed by atoms with Crippen molar-refractivity contribution in [1.82, 2.24) is 34.9 Å². The average molecular weight is 1190 g/mol. The fraction of sp³-hybridized carbons (Fsp3) is 0.928. The molecule has 0 bridgehead atoms. The van der Waals surface area contributed by atoms with Gasteiger partial charge < -0.3 is 38.4 Å². The Balaban J connectivity index is 0.00000708. The highest BCUT2D eigenvalue weighted by Crippen LogP contribution is 2.47. The number of aliphatic hydroxyl groups excluding tert-OH is 1. The second kappa shape index (κ2) is 35.6. The summed E-state index contributed by atoms with van der Waals surface area (Å²) in [6, 6.07) is 0. The maximum absolute atomic E-state index is 14.1. The van der Waals surface area contributed by atoms with Crippen LogP contribution in [0.2, 0.25) is 0 Å². The molecule has 0 aliphatic heterocycles. The van der Waals surface area contributed by atoms with Gasteiger partial charge in [-0.3, -0.25) is 14.2 Å². The molecule has 0 unspecified atom stereocenters. The Morgan fingerprint density at radius 2 is 0.893 bits per heavy atom. The van der Waals surface area contributed by atoms with Gasteiger partial charge in [0.1, 0.15) is 0 Å². The van der Waals surface area contributed by atoms with E-state index in [0.717, 1.165) is 68.9 Å². The van der Waals surface area contributed by atoms with Crippen molar-refractivity contribution in [3.63, 3.8) is 0 Å². The average Bonchev–Trinajstić information content (AvgIpc) is 4.18. The standard InChI is InChI=1S/C60H115N7O8.C6H14.C3H8/c1-25-53(9,10)59(21,22)47-42-66(63-61-47)30-26-55(13,14)72-34-28-57(17,18)74-40-38-70-36-32-65(49(69)52(7,8)45-51(5,6)46-68)33-37-71-39-41-75-58(19,20)29-35-73-56(15,16)27-31-67-43-48(62-64-67)60(23,24)54(11,12)44-50(2,3)4;1-4-5-6(2)3;1-3-2/h42-43,68H,25-41,44-46H2,1-24H3;6H,4-5H2,1-3H3;3H2,1-2H3. The van der Waals surface area contributed by atoms with Gasteiger partial charge in [0.25, 0.3) is 0 Å². The molecule has 2 heterocycles. The van der Waals surface area contributed by atoms with Crippen molar-refractivity contribution in [2.75, 3.05) is 72.6 Å². The van der Waals surface area contributed by atoms with Crippen LogP contribution in [0.5, 0.6) is 0 Å². The molecule has 0 saturated heterocycles. The smallest absolute Gasteiger partial charge is 0.228 e. The molecule has 2 aromatic rings.